The quantitative estimate of drug-likeness (QED) is 0.761. The fraction of sp³-hybridized carbons (Fsp3) is 0.286. The van der Waals surface area contributed by atoms with E-state index in [0.29, 0.717) is 0 Å². The van der Waals surface area contributed by atoms with E-state index in [4.69, 9.17) is 0 Å². The van der Waals surface area contributed by atoms with Gasteiger partial charge in [-0.3, -0.25) is 4.68 Å². The molecule has 0 bridgehead atoms. The highest BCUT2D eigenvalue weighted by atomic mass is 15.5. The summed E-state index contributed by atoms with van der Waals surface area (Å²) in [4.78, 5) is 0. The van der Waals surface area contributed by atoms with E-state index >= 15 is 0 Å². The second-order valence-corrected chi connectivity index (χ2v) is 4.76. The summed E-state index contributed by atoms with van der Waals surface area (Å²) in [5.41, 5.74) is 4.12. The Morgan fingerprint density at radius 2 is 2.19 bits per heavy atom. The van der Waals surface area contributed by atoms with Crippen LogP contribution >= 0.6 is 0 Å². The highest BCUT2D eigenvalue weighted by molar-refractivity contribution is 5.65. The zero-order valence-electron chi connectivity index (χ0n) is 12.1. The first kappa shape index (κ1) is 13.4. The van der Waals surface area contributed by atoms with E-state index in [9.17, 15) is 0 Å². The Kier molecular flexibility index (Phi) is 3.74. The van der Waals surface area contributed by atoms with Crippen molar-refractivity contribution in [1.29, 1.82) is 0 Å². The van der Waals surface area contributed by atoms with E-state index in [2.05, 4.69) is 32.9 Å². The Morgan fingerprint density at radius 1 is 1.29 bits per heavy atom. The van der Waals surface area contributed by atoms with Crippen molar-refractivity contribution >= 4 is 0 Å². The largest absolute Gasteiger partial charge is 0.313 e. The second kappa shape index (κ2) is 5.84. The Balaban J connectivity index is 1.99. The third-order valence-corrected chi connectivity index (χ3v) is 3.20. The second-order valence-electron chi connectivity index (χ2n) is 4.76. The summed E-state index contributed by atoms with van der Waals surface area (Å²) in [6, 6.07) is 8.03. The molecule has 0 saturated heterocycles. The maximum absolute atomic E-state index is 4.57. The Morgan fingerprint density at radius 3 is 2.95 bits per heavy atom. The van der Waals surface area contributed by atoms with Crippen molar-refractivity contribution in [3.63, 3.8) is 0 Å². The predicted molar refractivity (Wildman–Crippen MR) is 78.7 cm³/mol. The lowest BCUT2D eigenvalue weighted by atomic mass is 10.1. The zero-order valence-corrected chi connectivity index (χ0v) is 12.1. The highest BCUT2D eigenvalue weighted by Crippen LogP contribution is 2.23. The number of hydrogen-bond donors (Lipinski definition) is 1. The van der Waals surface area contributed by atoms with Gasteiger partial charge in [0.2, 0.25) is 0 Å². The van der Waals surface area contributed by atoms with Gasteiger partial charge in [0.25, 0.3) is 0 Å². The summed E-state index contributed by atoms with van der Waals surface area (Å²) in [5.74, 6) is 0. The number of rotatable bonds is 5. The fourth-order valence-corrected chi connectivity index (χ4v) is 2.24. The minimum Gasteiger partial charge on any atom is -0.313 e. The molecule has 0 atom stereocenters. The first-order valence-corrected chi connectivity index (χ1v) is 6.85. The van der Waals surface area contributed by atoms with E-state index in [1.807, 2.05) is 42.2 Å². The maximum Gasteiger partial charge on any atom is 0.143 e. The van der Waals surface area contributed by atoms with Gasteiger partial charge in [0, 0.05) is 30.9 Å². The summed E-state index contributed by atoms with van der Waals surface area (Å²) >= 11 is 0. The molecule has 1 aromatic carbocycles. The lowest BCUT2D eigenvalue weighted by Gasteiger charge is -2.05. The topological polar surface area (TPSA) is 73.5 Å². The van der Waals surface area contributed by atoms with Crippen molar-refractivity contribution in [1.82, 2.24) is 35.3 Å². The highest BCUT2D eigenvalue weighted by Gasteiger charge is 2.11. The van der Waals surface area contributed by atoms with Gasteiger partial charge in [-0.1, -0.05) is 19.1 Å². The number of aromatic nitrogens is 6. The molecule has 2 heterocycles. The summed E-state index contributed by atoms with van der Waals surface area (Å²) in [7, 11) is 1.93. The molecule has 0 unspecified atom stereocenters. The third-order valence-electron chi connectivity index (χ3n) is 3.20. The minimum atomic E-state index is 0.800. The molecule has 3 rings (SSSR count). The number of hydrogen-bond acceptors (Lipinski definition) is 5. The summed E-state index contributed by atoms with van der Waals surface area (Å²) in [6.45, 7) is 3.82. The SMILES string of the molecule is CCNCc1cn(C)nc1-c1cccc(-n2cnnn2)c1. The molecule has 2 aromatic heterocycles. The standard InChI is InChI=1S/C14H17N7/c1-3-15-8-12-9-20(2)17-14(12)11-5-4-6-13(7-11)21-10-16-18-19-21/h4-7,9-10,15H,3,8H2,1-2H3. The fourth-order valence-electron chi connectivity index (χ4n) is 2.24. The first-order chi connectivity index (χ1) is 10.3. The molecular formula is C14H17N7. The van der Waals surface area contributed by atoms with E-state index < -0.39 is 0 Å². The smallest absolute Gasteiger partial charge is 0.143 e. The average Bonchev–Trinajstić information content (AvgIpc) is 3.14. The molecule has 0 aliphatic carbocycles. The van der Waals surface area contributed by atoms with Crippen LogP contribution in [0, 0.1) is 0 Å². The van der Waals surface area contributed by atoms with Crippen LogP contribution in [0.2, 0.25) is 0 Å². The van der Waals surface area contributed by atoms with Crippen LogP contribution in [0.4, 0.5) is 0 Å². The van der Waals surface area contributed by atoms with Crippen molar-refractivity contribution < 1.29 is 0 Å². The average molecular weight is 283 g/mol. The van der Waals surface area contributed by atoms with Crippen LogP contribution in [0.15, 0.2) is 36.8 Å². The van der Waals surface area contributed by atoms with Gasteiger partial charge in [0.1, 0.15) is 6.33 Å². The van der Waals surface area contributed by atoms with Gasteiger partial charge in [-0.25, -0.2) is 4.68 Å². The Labute approximate surface area is 122 Å². The monoisotopic (exact) mass is 283 g/mol. The van der Waals surface area contributed by atoms with Gasteiger partial charge >= 0.3 is 0 Å². The van der Waals surface area contributed by atoms with Crippen LogP contribution in [0.3, 0.4) is 0 Å². The molecule has 0 aliphatic heterocycles. The predicted octanol–water partition coefficient (Wildman–Crippen LogP) is 1.17. The first-order valence-electron chi connectivity index (χ1n) is 6.85. The Hall–Kier alpha value is -2.54. The van der Waals surface area contributed by atoms with Crippen LogP contribution in [0.1, 0.15) is 12.5 Å². The van der Waals surface area contributed by atoms with Crippen molar-refractivity contribution in [2.45, 2.75) is 13.5 Å². The van der Waals surface area contributed by atoms with Crippen molar-refractivity contribution in [3.05, 3.63) is 42.4 Å². The van der Waals surface area contributed by atoms with Gasteiger partial charge in [0.05, 0.1) is 11.4 Å². The third kappa shape index (κ3) is 2.82. The summed E-state index contributed by atoms with van der Waals surface area (Å²) in [5, 5.41) is 19.2. The number of benzene rings is 1. The number of nitrogens with one attached hydrogen (secondary N) is 1. The van der Waals surface area contributed by atoms with Crippen LogP contribution in [-0.4, -0.2) is 36.5 Å². The van der Waals surface area contributed by atoms with Crippen LogP contribution < -0.4 is 5.32 Å². The molecule has 0 amide bonds. The molecule has 0 spiro atoms. The number of nitrogens with zero attached hydrogens (tertiary/aromatic N) is 6. The minimum absolute atomic E-state index is 0.800. The van der Waals surface area contributed by atoms with Gasteiger partial charge in [-0.15, -0.1) is 5.10 Å². The van der Waals surface area contributed by atoms with Crippen LogP contribution in [0.25, 0.3) is 16.9 Å². The molecule has 108 valence electrons. The van der Waals surface area contributed by atoms with Gasteiger partial charge in [-0.05, 0) is 29.1 Å². The number of tetrazole rings is 1. The molecule has 0 saturated carbocycles. The normalized spacial score (nSPS) is 11.0. The summed E-state index contributed by atoms with van der Waals surface area (Å²) < 4.78 is 3.47. The number of aryl methyl sites for hydroxylation is 1. The molecule has 7 nitrogen and oxygen atoms in total. The molecule has 7 heteroatoms. The lowest BCUT2D eigenvalue weighted by molar-refractivity contribution is 0.724. The lowest BCUT2D eigenvalue weighted by Crippen LogP contribution is -2.11. The Bertz CT molecular complexity index is 715. The molecule has 3 aromatic rings. The van der Waals surface area contributed by atoms with Gasteiger partial charge in [-0.2, -0.15) is 5.10 Å². The van der Waals surface area contributed by atoms with Crippen molar-refractivity contribution in [2.24, 2.45) is 7.05 Å². The summed E-state index contributed by atoms with van der Waals surface area (Å²) in [6.07, 6.45) is 3.62. The van der Waals surface area contributed by atoms with E-state index in [-0.39, 0.29) is 0 Å². The van der Waals surface area contributed by atoms with E-state index in [1.54, 1.807) is 11.0 Å². The van der Waals surface area contributed by atoms with Crippen LogP contribution in [-0.2, 0) is 13.6 Å². The molecular weight excluding hydrogens is 266 g/mol. The zero-order chi connectivity index (χ0) is 14.7. The van der Waals surface area contributed by atoms with Crippen molar-refractivity contribution in [2.75, 3.05) is 6.54 Å². The van der Waals surface area contributed by atoms with Gasteiger partial charge in [0.15, 0.2) is 0 Å². The van der Waals surface area contributed by atoms with Gasteiger partial charge < -0.3 is 5.32 Å². The molecule has 0 aliphatic rings. The molecule has 1 N–H and O–H groups in total. The van der Waals surface area contributed by atoms with Crippen molar-refractivity contribution in [3.8, 4) is 16.9 Å². The van der Waals surface area contributed by atoms with Crippen LogP contribution in [0.5, 0.6) is 0 Å². The molecule has 21 heavy (non-hydrogen) atoms. The molecule has 0 fully saturated rings. The van der Waals surface area contributed by atoms with E-state index in [1.165, 1.54) is 5.56 Å². The molecule has 0 radical (unpaired) electrons. The van der Waals surface area contributed by atoms with E-state index in [0.717, 1.165) is 30.0 Å². The maximum atomic E-state index is 4.57.